The van der Waals surface area contributed by atoms with E-state index < -0.39 is 6.04 Å². The maximum atomic E-state index is 11.6. The number of fused-ring (bicyclic) bond motifs is 1. The molecule has 1 aliphatic rings. The van der Waals surface area contributed by atoms with Crippen molar-refractivity contribution in [2.24, 2.45) is 4.99 Å². The third-order valence-corrected chi connectivity index (χ3v) is 3.91. The van der Waals surface area contributed by atoms with Crippen molar-refractivity contribution in [2.45, 2.75) is 13.0 Å². The zero-order valence-electron chi connectivity index (χ0n) is 13.5. The van der Waals surface area contributed by atoms with E-state index in [4.69, 9.17) is 21.1 Å². The predicted molar refractivity (Wildman–Crippen MR) is 92.5 cm³/mol. The molecule has 1 aromatic heterocycles. The van der Waals surface area contributed by atoms with Gasteiger partial charge in [-0.3, -0.25) is 4.99 Å². The number of aromatic nitrogens is 1. The number of halogens is 1. The van der Waals surface area contributed by atoms with Crippen LogP contribution in [0.5, 0.6) is 11.5 Å². The molecule has 7 heteroatoms. The third kappa shape index (κ3) is 2.92. The summed E-state index contributed by atoms with van der Waals surface area (Å²) in [6.45, 7) is 1.84. The number of methoxy groups -OCH3 is 2. The summed E-state index contributed by atoms with van der Waals surface area (Å²) in [5.74, 6) is 1.70. The summed E-state index contributed by atoms with van der Waals surface area (Å²) < 4.78 is 10.7. The van der Waals surface area contributed by atoms with Crippen LogP contribution < -0.4 is 14.8 Å². The van der Waals surface area contributed by atoms with Gasteiger partial charge in [0, 0.05) is 29.0 Å². The van der Waals surface area contributed by atoms with Gasteiger partial charge in [-0.05, 0) is 19.1 Å². The number of carbonyl (C=O) groups is 1. The highest BCUT2D eigenvalue weighted by molar-refractivity contribution is 6.30. The van der Waals surface area contributed by atoms with Crippen LogP contribution in [0, 0.1) is 6.92 Å². The highest BCUT2D eigenvalue weighted by Gasteiger charge is 2.27. The van der Waals surface area contributed by atoms with E-state index in [1.165, 1.54) is 0 Å². The van der Waals surface area contributed by atoms with Crippen LogP contribution in [-0.4, -0.2) is 31.3 Å². The molecule has 0 spiro atoms. The number of pyridine rings is 1. The van der Waals surface area contributed by atoms with Crippen molar-refractivity contribution in [3.63, 3.8) is 0 Å². The fourth-order valence-corrected chi connectivity index (χ4v) is 2.92. The van der Waals surface area contributed by atoms with Crippen molar-refractivity contribution in [1.29, 1.82) is 0 Å². The lowest BCUT2D eigenvalue weighted by molar-refractivity contribution is -0.108. The second-order valence-corrected chi connectivity index (χ2v) is 5.68. The van der Waals surface area contributed by atoms with Gasteiger partial charge in [-0.1, -0.05) is 11.6 Å². The van der Waals surface area contributed by atoms with Crippen LogP contribution in [0.25, 0.3) is 0 Å². The molecule has 3 rings (SSSR count). The van der Waals surface area contributed by atoms with Gasteiger partial charge >= 0.3 is 0 Å². The molecule has 0 amide bonds. The number of hydrogen-bond acceptors (Lipinski definition) is 6. The molecule has 0 bridgehead atoms. The van der Waals surface area contributed by atoms with E-state index in [1.807, 2.05) is 13.0 Å². The van der Waals surface area contributed by atoms with Crippen molar-refractivity contribution < 1.29 is 14.3 Å². The van der Waals surface area contributed by atoms with Crippen LogP contribution in [0.1, 0.15) is 22.9 Å². The predicted octanol–water partition coefficient (Wildman–Crippen LogP) is 3.17. The van der Waals surface area contributed by atoms with Gasteiger partial charge in [0.15, 0.2) is 0 Å². The molecule has 2 aromatic rings. The molecule has 0 fully saturated rings. The van der Waals surface area contributed by atoms with Crippen LogP contribution in [0.15, 0.2) is 29.3 Å². The number of hydrogen-bond donors (Lipinski definition) is 1. The number of carbonyl (C=O) groups excluding carboxylic acids is 1. The molecule has 0 saturated carbocycles. The SMILES string of the molecule is COc1cc2c(c(OC)c1)C(C=O)N=C(c1cc(C)nc(Cl)c1)N2. The highest BCUT2D eigenvalue weighted by atomic mass is 35.5. The fraction of sp³-hybridized carbons (Fsp3) is 0.235. The lowest BCUT2D eigenvalue weighted by Gasteiger charge is -2.25. The number of ether oxygens (including phenoxy) is 2. The second-order valence-electron chi connectivity index (χ2n) is 5.29. The maximum absolute atomic E-state index is 11.6. The molecule has 2 heterocycles. The minimum atomic E-state index is -0.677. The number of nitrogens with one attached hydrogen (secondary N) is 1. The quantitative estimate of drug-likeness (QED) is 0.680. The lowest BCUT2D eigenvalue weighted by Crippen LogP contribution is -2.23. The number of aryl methyl sites for hydroxylation is 1. The van der Waals surface area contributed by atoms with E-state index in [9.17, 15) is 4.79 Å². The van der Waals surface area contributed by atoms with Crippen LogP contribution >= 0.6 is 11.6 Å². The normalized spacial score (nSPS) is 15.8. The number of rotatable bonds is 4. The number of aliphatic imine (C=N–C) groups is 1. The van der Waals surface area contributed by atoms with Crippen LogP contribution in [0.4, 0.5) is 5.69 Å². The minimum Gasteiger partial charge on any atom is -0.497 e. The molecule has 6 nitrogen and oxygen atoms in total. The largest absolute Gasteiger partial charge is 0.497 e. The Morgan fingerprint density at radius 2 is 2.00 bits per heavy atom. The number of anilines is 1. The summed E-state index contributed by atoms with van der Waals surface area (Å²) in [6.07, 6.45) is 0.782. The average Bonchev–Trinajstić information content (AvgIpc) is 2.58. The molecular weight excluding hydrogens is 330 g/mol. The number of amidine groups is 1. The Morgan fingerprint density at radius 3 is 2.62 bits per heavy atom. The van der Waals surface area contributed by atoms with Crippen molar-refractivity contribution in [2.75, 3.05) is 19.5 Å². The molecule has 124 valence electrons. The summed E-state index contributed by atoms with van der Waals surface area (Å²) >= 11 is 6.03. The topological polar surface area (TPSA) is 72.8 Å². The van der Waals surface area contributed by atoms with Gasteiger partial charge in [0.05, 0.1) is 19.9 Å². The van der Waals surface area contributed by atoms with Gasteiger partial charge < -0.3 is 19.6 Å². The van der Waals surface area contributed by atoms with Gasteiger partial charge in [-0.15, -0.1) is 0 Å². The van der Waals surface area contributed by atoms with Crippen molar-refractivity contribution >= 4 is 29.4 Å². The summed E-state index contributed by atoms with van der Waals surface area (Å²) in [7, 11) is 3.12. The van der Waals surface area contributed by atoms with Gasteiger partial charge in [-0.25, -0.2) is 4.98 Å². The van der Waals surface area contributed by atoms with E-state index in [1.54, 1.807) is 32.4 Å². The standard InChI is InChI=1S/C17H16ClN3O3/c1-9-4-10(5-15(18)19-9)17-20-12-6-11(23-2)7-14(24-3)16(12)13(8-22)21-17/h4-8,13H,1-3H3,(H,20,21). The molecule has 1 N–H and O–H groups in total. The van der Waals surface area contributed by atoms with Crippen LogP contribution in [0.2, 0.25) is 5.15 Å². The zero-order chi connectivity index (χ0) is 17.3. The van der Waals surface area contributed by atoms with Crippen LogP contribution in [0.3, 0.4) is 0 Å². The summed E-state index contributed by atoms with van der Waals surface area (Å²) in [5, 5.41) is 3.59. The summed E-state index contributed by atoms with van der Waals surface area (Å²) in [4.78, 5) is 20.2. The monoisotopic (exact) mass is 345 g/mol. The first-order chi connectivity index (χ1) is 11.5. The van der Waals surface area contributed by atoms with Crippen molar-refractivity contribution in [3.05, 3.63) is 46.2 Å². The Balaban J connectivity index is 2.13. The highest BCUT2D eigenvalue weighted by Crippen LogP contribution is 2.40. The maximum Gasteiger partial charge on any atom is 0.149 e. The minimum absolute atomic E-state index is 0.367. The van der Waals surface area contributed by atoms with E-state index in [0.717, 1.165) is 17.5 Å². The molecular formula is C17H16ClN3O3. The van der Waals surface area contributed by atoms with E-state index in [-0.39, 0.29) is 0 Å². The molecule has 0 radical (unpaired) electrons. The van der Waals surface area contributed by atoms with Gasteiger partial charge in [0.2, 0.25) is 0 Å². The van der Waals surface area contributed by atoms with Crippen molar-refractivity contribution in [3.8, 4) is 11.5 Å². The number of nitrogens with zero attached hydrogens (tertiary/aromatic N) is 2. The Kier molecular flexibility index (Phi) is 4.40. The molecule has 0 aliphatic carbocycles. The molecule has 1 unspecified atom stereocenters. The smallest absolute Gasteiger partial charge is 0.149 e. The first kappa shape index (κ1) is 16.3. The first-order valence-corrected chi connectivity index (χ1v) is 7.64. The Hall–Kier alpha value is -2.60. The molecule has 0 saturated heterocycles. The zero-order valence-corrected chi connectivity index (χ0v) is 14.2. The van der Waals surface area contributed by atoms with Gasteiger partial charge in [0.1, 0.15) is 34.8 Å². The number of benzene rings is 1. The Labute approximate surface area is 144 Å². The van der Waals surface area contributed by atoms with E-state index in [0.29, 0.717) is 33.7 Å². The molecule has 24 heavy (non-hydrogen) atoms. The molecule has 1 aromatic carbocycles. The third-order valence-electron chi connectivity index (χ3n) is 3.71. The second kappa shape index (κ2) is 6.49. The van der Waals surface area contributed by atoms with Gasteiger partial charge in [-0.2, -0.15) is 0 Å². The van der Waals surface area contributed by atoms with Crippen molar-refractivity contribution in [1.82, 2.24) is 4.98 Å². The average molecular weight is 346 g/mol. The molecule has 1 aliphatic heterocycles. The first-order valence-electron chi connectivity index (χ1n) is 7.26. The van der Waals surface area contributed by atoms with E-state index in [2.05, 4.69) is 15.3 Å². The van der Waals surface area contributed by atoms with Crippen LogP contribution in [-0.2, 0) is 4.79 Å². The Morgan fingerprint density at radius 1 is 1.21 bits per heavy atom. The Bertz CT molecular complexity index is 816. The van der Waals surface area contributed by atoms with E-state index >= 15 is 0 Å². The molecule has 1 atom stereocenters. The lowest BCUT2D eigenvalue weighted by atomic mass is 10.0. The summed E-state index contributed by atoms with van der Waals surface area (Å²) in [6, 6.07) is 6.40. The summed E-state index contributed by atoms with van der Waals surface area (Å²) in [5.41, 5.74) is 2.90. The number of aldehydes is 1. The van der Waals surface area contributed by atoms with Gasteiger partial charge in [0.25, 0.3) is 0 Å². The fourth-order valence-electron chi connectivity index (χ4n) is 2.67.